The van der Waals surface area contributed by atoms with Gasteiger partial charge in [0.25, 0.3) is 0 Å². The van der Waals surface area contributed by atoms with Crippen LogP contribution in [0.15, 0.2) is 48.5 Å². The zero-order chi connectivity index (χ0) is 16.5. The van der Waals surface area contributed by atoms with Gasteiger partial charge in [0.15, 0.2) is 0 Å². The van der Waals surface area contributed by atoms with Crippen molar-refractivity contribution in [1.82, 2.24) is 4.98 Å². The fourth-order valence-corrected chi connectivity index (χ4v) is 4.02. The first kappa shape index (κ1) is 15.2. The van der Waals surface area contributed by atoms with Gasteiger partial charge in [-0.3, -0.25) is 4.79 Å². The van der Waals surface area contributed by atoms with Gasteiger partial charge < -0.3 is 10.3 Å². The van der Waals surface area contributed by atoms with Crippen LogP contribution in [-0.4, -0.2) is 17.3 Å². The van der Waals surface area contributed by atoms with E-state index in [0.717, 1.165) is 35.0 Å². The molecule has 0 saturated heterocycles. The Morgan fingerprint density at radius 3 is 2.88 bits per heavy atom. The van der Waals surface area contributed by atoms with Crippen molar-refractivity contribution in [3.8, 4) is 0 Å². The number of quaternary nitrogens is 1. The summed E-state index contributed by atoms with van der Waals surface area (Å²) in [7, 11) is 0. The molecule has 0 unspecified atom stereocenters. The molecule has 1 heterocycles. The zero-order valence-electron chi connectivity index (χ0n) is 14.0. The Morgan fingerprint density at radius 2 is 1.96 bits per heavy atom. The highest BCUT2D eigenvalue weighted by Crippen LogP contribution is 2.27. The molecule has 3 aromatic rings. The number of hydrogen-bond donors (Lipinski definition) is 2. The second-order valence-corrected chi connectivity index (χ2v) is 6.73. The summed E-state index contributed by atoms with van der Waals surface area (Å²) in [5.41, 5.74) is 5.72. The minimum Gasteiger partial charge on any atom is -0.358 e. The van der Waals surface area contributed by atoms with Crippen LogP contribution in [0, 0.1) is 6.92 Å². The first-order valence-electron chi connectivity index (χ1n) is 8.75. The third-order valence-electron chi connectivity index (χ3n) is 5.18. The Kier molecular flexibility index (Phi) is 3.95. The molecule has 1 aliphatic rings. The van der Waals surface area contributed by atoms with Gasteiger partial charge in [0, 0.05) is 28.6 Å². The van der Waals surface area contributed by atoms with E-state index >= 15 is 0 Å². The Hall–Kier alpha value is -2.39. The number of aromatic amines is 1. The number of hydrogen-bond acceptors (Lipinski definition) is 1. The highest BCUT2D eigenvalue weighted by molar-refractivity contribution is 6.09. The highest BCUT2D eigenvalue weighted by Gasteiger charge is 2.24. The summed E-state index contributed by atoms with van der Waals surface area (Å²) in [6.07, 6.45) is 3.52. The van der Waals surface area contributed by atoms with Crippen LogP contribution in [0.25, 0.3) is 10.9 Å². The molecule has 4 rings (SSSR count). The van der Waals surface area contributed by atoms with E-state index in [-0.39, 0.29) is 5.78 Å². The van der Waals surface area contributed by atoms with Crippen LogP contribution in [0.4, 0.5) is 0 Å². The predicted octanol–water partition coefficient (Wildman–Crippen LogP) is 3.30. The molecule has 0 saturated carbocycles. The van der Waals surface area contributed by atoms with Crippen molar-refractivity contribution in [2.45, 2.75) is 32.2 Å². The molecule has 0 fully saturated rings. The third kappa shape index (κ3) is 2.65. The molecule has 122 valence electrons. The van der Waals surface area contributed by atoms with E-state index in [9.17, 15) is 4.79 Å². The van der Waals surface area contributed by atoms with E-state index < -0.39 is 0 Å². The second-order valence-electron chi connectivity index (χ2n) is 6.73. The van der Waals surface area contributed by atoms with Crippen molar-refractivity contribution in [1.29, 1.82) is 0 Å². The van der Waals surface area contributed by atoms with Crippen LogP contribution in [0.3, 0.4) is 0 Å². The summed E-state index contributed by atoms with van der Waals surface area (Å²) < 4.78 is 0. The molecule has 3 nitrogen and oxygen atoms in total. The van der Waals surface area contributed by atoms with Crippen molar-refractivity contribution in [2.24, 2.45) is 0 Å². The maximum absolute atomic E-state index is 12.8. The number of benzene rings is 2. The average Bonchev–Trinajstić information content (AvgIpc) is 2.95. The molecule has 0 spiro atoms. The number of rotatable bonds is 4. The Bertz CT molecular complexity index is 894. The van der Waals surface area contributed by atoms with Crippen LogP contribution in [-0.2, 0) is 6.42 Å². The second kappa shape index (κ2) is 6.25. The predicted molar refractivity (Wildman–Crippen MR) is 96.3 cm³/mol. The van der Waals surface area contributed by atoms with E-state index in [1.807, 2.05) is 31.2 Å². The largest absolute Gasteiger partial charge is 0.358 e. The highest BCUT2D eigenvalue weighted by atomic mass is 16.1. The van der Waals surface area contributed by atoms with Gasteiger partial charge in [0.2, 0.25) is 5.78 Å². The van der Waals surface area contributed by atoms with Crippen LogP contribution < -0.4 is 5.32 Å². The number of carbonyl (C=O) groups is 1. The molecule has 1 aromatic heterocycles. The SMILES string of the molecule is Cc1[nH]c2ccccc2c1C(=O)C[NH2+][C@H]1CCCc2ccccc21. The van der Waals surface area contributed by atoms with E-state index in [1.165, 1.54) is 17.5 Å². The molecule has 24 heavy (non-hydrogen) atoms. The van der Waals surface area contributed by atoms with E-state index in [4.69, 9.17) is 0 Å². The lowest BCUT2D eigenvalue weighted by Crippen LogP contribution is -2.87. The van der Waals surface area contributed by atoms with Crippen molar-refractivity contribution in [2.75, 3.05) is 6.54 Å². The first-order valence-corrected chi connectivity index (χ1v) is 8.75. The molecular weight excluding hydrogens is 296 g/mol. The van der Waals surface area contributed by atoms with Gasteiger partial charge in [-0.05, 0) is 31.4 Å². The topological polar surface area (TPSA) is 49.5 Å². The number of nitrogens with two attached hydrogens (primary N) is 1. The summed E-state index contributed by atoms with van der Waals surface area (Å²) in [6.45, 7) is 2.49. The fourth-order valence-electron chi connectivity index (χ4n) is 4.02. The summed E-state index contributed by atoms with van der Waals surface area (Å²) >= 11 is 0. The fraction of sp³-hybridized carbons (Fsp3) is 0.286. The van der Waals surface area contributed by atoms with Crippen LogP contribution >= 0.6 is 0 Å². The average molecular weight is 319 g/mol. The number of carbonyl (C=O) groups excluding carboxylic acids is 1. The molecule has 0 amide bonds. The molecule has 2 aromatic carbocycles. The quantitative estimate of drug-likeness (QED) is 0.712. The van der Waals surface area contributed by atoms with Crippen molar-refractivity contribution in [3.05, 3.63) is 70.9 Å². The summed E-state index contributed by atoms with van der Waals surface area (Å²) in [5, 5.41) is 3.26. The summed E-state index contributed by atoms with van der Waals surface area (Å²) in [5.74, 6) is 0.216. The molecule has 3 heteroatoms. The molecule has 1 atom stereocenters. The van der Waals surface area contributed by atoms with Gasteiger partial charge in [0.1, 0.15) is 12.6 Å². The molecule has 0 bridgehead atoms. The van der Waals surface area contributed by atoms with E-state index in [2.05, 4.69) is 34.6 Å². The number of ketones is 1. The molecule has 0 radical (unpaired) electrons. The Morgan fingerprint density at radius 1 is 1.17 bits per heavy atom. The monoisotopic (exact) mass is 319 g/mol. The number of para-hydroxylation sites is 1. The van der Waals surface area contributed by atoms with E-state index in [0.29, 0.717) is 12.6 Å². The van der Waals surface area contributed by atoms with Crippen molar-refractivity contribution < 1.29 is 10.1 Å². The van der Waals surface area contributed by atoms with Crippen LogP contribution in [0.1, 0.15) is 46.1 Å². The lowest BCUT2D eigenvalue weighted by Gasteiger charge is -2.23. The Labute approximate surface area is 142 Å². The standard InChI is InChI=1S/C21H22N2O/c1-14-21(17-10-4-5-11-19(17)23-14)20(24)13-22-18-12-6-8-15-7-2-3-9-16(15)18/h2-5,7,9-11,18,22-23H,6,8,12-13H2,1H3/p+1/t18-/m0/s1. The number of aryl methyl sites for hydroxylation is 2. The summed E-state index contributed by atoms with van der Waals surface area (Å²) in [6, 6.07) is 17.1. The smallest absolute Gasteiger partial charge is 0.219 e. The number of nitrogens with one attached hydrogen (secondary N) is 1. The number of fused-ring (bicyclic) bond motifs is 2. The van der Waals surface area contributed by atoms with Crippen LogP contribution in [0.2, 0.25) is 0 Å². The lowest BCUT2D eigenvalue weighted by atomic mass is 9.87. The molecule has 1 aliphatic carbocycles. The number of H-pyrrole nitrogens is 1. The Balaban J connectivity index is 1.54. The normalized spacial score (nSPS) is 17.0. The van der Waals surface area contributed by atoms with Gasteiger partial charge in [-0.1, -0.05) is 42.5 Å². The number of aromatic nitrogens is 1. The third-order valence-corrected chi connectivity index (χ3v) is 5.18. The van der Waals surface area contributed by atoms with Gasteiger partial charge in [-0.15, -0.1) is 0 Å². The summed E-state index contributed by atoms with van der Waals surface area (Å²) in [4.78, 5) is 16.2. The zero-order valence-corrected chi connectivity index (χ0v) is 14.0. The van der Waals surface area contributed by atoms with Gasteiger partial charge in [-0.25, -0.2) is 0 Å². The maximum atomic E-state index is 12.8. The minimum atomic E-state index is 0.216. The van der Waals surface area contributed by atoms with Crippen molar-refractivity contribution in [3.63, 3.8) is 0 Å². The van der Waals surface area contributed by atoms with Crippen molar-refractivity contribution >= 4 is 16.7 Å². The molecule has 3 N–H and O–H groups in total. The number of Topliss-reactive ketones (excluding diaryl/α,β-unsaturated/α-hetero) is 1. The van der Waals surface area contributed by atoms with Crippen LogP contribution in [0.5, 0.6) is 0 Å². The minimum absolute atomic E-state index is 0.216. The van der Waals surface area contributed by atoms with Gasteiger partial charge in [0.05, 0.1) is 5.56 Å². The molecular formula is C21H23N2O+. The van der Waals surface area contributed by atoms with Gasteiger partial charge >= 0.3 is 0 Å². The van der Waals surface area contributed by atoms with Gasteiger partial charge in [-0.2, -0.15) is 0 Å². The molecule has 0 aliphatic heterocycles. The lowest BCUT2D eigenvalue weighted by molar-refractivity contribution is -0.686. The first-order chi connectivity index (χ1) is 11.7. The van der Waals surface area contributed by atoms with E-state index in [1.54, 1.807) is 0 Å². The maximum Gasteiger partial charge on any atom is 0.219 e.